The van der Waals surface area contributed by atoms with Crippen LogP contribution in [0.3, 0.4) is 0 Å². The van der Waals surface area contributed by atoms with Gasteiger partial charge >= 0.3 is 5.82 Å². The van der Waals surface area contributed by atoms with Gasteiger partial charge in [-0.25, -0.2) is 0 Å². The molecule has 7 nitrogen and oxygen atoms in total. The van der Waals surface area contributed by atoms with E-state index in [9.17, 15) is 10.1 Å². The van der Waals surface area contributed by atoms with Gasteiger partial charge in [-0.15, -0.1) is 0 Å². The topological polar surface area (TPSA) is 81.7 Å². The van der Waals surface area contributed by atoms with Crippen LogP contribution in [0.1, 0.15) is 6.92 Å². The maximum absolute atomic E-state index is 11.2. The van der Waals surface area contributed by atoms with Crippen LogP contribution >= 0.6 is 11.3 Å². The third-order valence-corrected chi connectivity index (χ3v) is 3.59. The fourth-order valence-electron chi connectivity index (χ4n) is 1.97. The summed E-state index contributed by atoms with van der Waals surface area (Å²) in [5.41, 5.74) is 0.715. The molecule has 0 amide bonds. The van der Waals surface area contributed by atoms with Crippen molar-refractivity contribution < 1.29 is 9.66 Å². The van der Waals surface area contributed by atoms with E-state index in [1.165, 1.54) is 15.7 Å². The first-order chi connectivity index (χ1) is 10.2. The molecule has 0 aliphatic rings. The minimum atomic E-state index is -0.441. The van der Waals surface area contributed by atoms with Gasteiger partial charge in [0.1, 0.15) is 11.9 Å². The zero-order valence-electron chi connectivity index (χ0n) is 11.1. The second kappa shape index (κ2) is 5.41. The molecule has 21 heavy (non-hydrogen) atoms. The van der Waals surface area contributed by atoms with E-state index in [2.05, 4.69) is 10.3 Å². The number of nitrogens with zero attached hydrogens (tertiary/aromatic N) is 3. The van der Waals surface area contributed by atoms with Crippen molar-refractivity contribution >= 4 is 33.6 Å². The van der Waals surface area contributed by atoms with E-state index in [0.717, 1.165) is 5.75 Å². The Labute approximate surface area is 124 Å². The zero-order valence-corrected chi connectivity index (χ0v) is 12.0. The SMILES string of the molecule is CCOc1ccc(Nc2nc3sccn3c2[N+](=O)[O-])cc1. The zero-order chi connectivity index (χ0) is 14.8. The van der Waals surface area contributed by atoms with E-state index in [-0.39, 0.29) is 11.6 Å². The Morgan fingerprint density at radius 1 is 1.43 bits per heavy atom. The monoisotopic (exact) mass is 304 g/mol. The molecule has 0 bridgehead atoms. The van der Waals surface area contributed by atoms with Crippen LogP contribution in [0.4, 0.5) is 17.3 Å². The molecule has 3 aromatic rings. The number of benzene rings is 1. The molecule has 1 N–H and O–H groups in total. The van der Waals surface area contributed by atoms with Crippen LogP contribution < -0.4 is 10.1 Å². The molecule has 3 rings (SSSR count). The Bertz CT molecular complexity index is 778. The van der Waals surface area contributed by atoms with Crippen molar-refractivity contribution in [3.05, 3.63) is 46.0 Å². The summed E-state index contributed by atoms with van der Waals surface area (Å²) in [6.07, 6.45) is 1.63. The maximum Gasteiger partial charge on any atom is 0.373 e. The van der Waals surface area contributed by atoms with Crippen molar-refractivity contribution in [1.29, 1.82) is 0 Å². The molecular formula is C13H12N4O3S. The van der Waals surface area contributed by atoms with Gasteiger partial charge in [0.05, 0.1) is 6.61 Å². The minimum Gasteiger partial charge on any atom is -0.494 e. The summed E-state index contributed by atoms with van der Waals surface area (Å²) < 4.78 is 6.81. The van der Waals surface area contributed by atoms with Gasteiger partial charge in [-0.2, -0.15) is 9.38 Å². The molecular weight excluding hydrogens is 292 g/mol. The van der Waals surface area contributed by atoms with Gasteiger partial charge in [-0.1, -0.05) is 11.3 Å². The molecule has 0 spiro atoms. The lowest BCUT2D eigenvalue weighted by Gasteiger charge is -2.06. The Kier molecular flexibility index (Phi) is 3.44. The number of nitro groups is 1. The predicted molar refractivity (Wildman–Crippen MR) is 80.6 cm³/mol. The Morgan fingerprint density at radius 3 is 2.86 bits per heavy atom. The number of ether oxygens (including phenoxy) is 1. The van der Waals surface area contributed by atoms with E-state index in [4.69, 9.17) is 4.74 Å². The van der Waals surface area contributed by atoms with Crippen LogP contribution in [-0.4, -0.2) is 20.9 Å². The summed E-state index contributed by atoms with van der Waals surface area (Å²) in [6.45, 7) is 2.50. The summed E-state index contributed by atoms with van der Waals surface area (Å²) in [4.78, 5) is 15.6. The number of hydrogen-bond acceptors (Lipinski definition) is 6. The standard InChI is InChI=1S/C13H12N4O3S/c1-2-20-10-5-3-9(4-6-10)14-11-12(17(18)19)16-7-8-21-13(16)15-11/h3-8,14H,2H2,1H3. The predicted octanol–water partition coefficient (Wildman–Crippen LogP) is 3.45. The smallest absolute Gasteiger partial charge is 0.373 e. The number of rotatable bonds is 5. The van der Waals surface area contributed by atoms with Gasteiger partial charge in [-0.3, -0.25) is 0 Å². The van der Waals surface area contributed by atoms with Crippen molar-refractivity contribution in [2.75, 3.05) is 11.9 Å². The molecule has 2 heterocycles. The van der Waals surface area contributed by atoms with Crippen LogP contribution in [0.15, 0.2) is 35.8 Å². The lowest BCUT2D eigenvalue weighted by molar-refractivity contribution is -0.389. The van der Waals surface area contributed by atoms with Crippen molar-refractivity contribution in [2.24, 2.45) is 0 Å². The summed E-state index contributed by atoms with van der Waals surface area (Å²) in [6, 6.07) is 7.19. The Hall–Kier alpha value is -2.61. The number of nitrogens with one attached hydrogen (secondary N) is 1. The first kappa shape index (κ1) is 13.4. The van der Waals surface area contributed by atoms with Gasteiger partial charge in [0.25, 0.3) is 4.96 Å². The van der Waals surface area contributed by atoms with Crippen LogP contribution in [-0.2, 0) is 0 Å². The average Bonchev–Trinajstić information content (AvgIpc) is 3.01. The highest BCUT2D eigenvalue weighted by Gasteiger charge is 2.23. The highest BCUT2D eigenvalue weighted by Crippen LogP contribution is 2.30. The van der Waals surface area contributed by atoms with Crippen LogP contribution in [0, 0.1) is 10.1 Å². The fourth-order valence-corrected chi connectivity index (χ4v) is 2.68. The van der Waals surface area contributed by atoms with Gasteiger partial charge in [0.15, 0.2) is 0 Å². The normalized spacial score (nSPS) is 10.7. The second-order valence-corrected chi connectivity index (χ2v) is 5.05. The van der Waals surface area contributed by atoms with Crippen LogP contribution in [0.25, 0.3) is 4.96 Å². The van der Waals surface area contributed by atoms with Crippen molar-refractivity contribution in [2.45, 2.75) is 6.92 Å². The van der Waals surface area contributed by atoms with Crippen molar-refractivity contribution in [1.82, 2.24) is 9.38 Å². The second-order valence-electron chi connectivity index (χ2n) is 4.18. The van der Waals surface area contributed by atoms with Gasteiger partial charge in [0, 0.05) is 11.1 Å². The molecule has 0 unspecified atom stereocenters. The molecule has 8 heteroatoms. The lowest BCUT2D eigenvalue weighted by Crippen LogP contribution is -1.98. The first-order valence-corrected chi connectivity index (χ1v) is 7.17. The summed E-state index contributed by atoms with van der Waals surface area (Å²) in [5, 5.41) is 15.9. The number of imidazole rings is 1. The molecule has 2 aromatic heterocycles. The Morgan fingerprint density at radius 2 is 2.19 bits per heavy atom. The molecule has 0 radical (unpaired) electrons. The molecule has 0 fully saturated rings. The van der Waals surface area contributed by atoms with E-state index in [1.807, 2.05) is 6.92 Å². The quantitative estimate of drug-likeness (QED) is 0.576. The number of anilines is 2. The van der Waals surface area contributed by atoms with E-state index < -0.39 is 4.92 Å². The highest BCUT2D eigenvalue weighted by atomic mass is 32.1. The van der Waals surface area contributed by atoms with Crippen molar-refractivity contribution in [3.8, 4) is 5.75 Å². The van der Waals surface area contributed by atoms with Crippen LogP contribution in [0.5, 0.6) is 5.75 Å². The van der Waals surface area contributed by atoms with Gasteiger partial charge in [-0.05, 0) is 36.1 Å². The first-order valence-electron chi connectivity index (χ1n) is 6.29. The largest absolute Gasteiger partial charge is 0.494 e. The summed E-state index contributed by atoms with van der Waals surface area (Å²) in [7, 11) is 0. The summed E-state index contributed by atoms with van der Waals surface area (Å²) >= 11 is 1.35. The van der Waals surface area contributed by atoms with Crippen LogP contribution in [0.2, 0.25) is 0 Å². The number of aromatic nitrogens is 2. The van der Waals surface area contributed by atoms with E-state index >= 15 is 0 Å². The highest BCUT2D eigenvalue weighted by molar-refractivity contribution is 7.15. The van der Waals surface area contributed by atoms with Crippen molar-refractivity contribution in [3.63, 3.8) is 0 Å². The molecule has 0 saturated heterocycles. The maximum atomic E-state index is 11.2. The van der Waals surface area contributed by atoms with Gasteiger partial charge in [0.2, 0.25) is 5.82 Å². The fraction of sp³-hybridized carbons (Fsp3) is 0.154. The molecule has 0 atom stereocenters. The molecule has 108 valence electrons. The molecule has 0 saturated carbocycles. The van der Waals surface area contributed by atoms with E-state index in [1.54, 1.807) is 35.8 Å². The molecule has 0 aliphatic heterocycles. The number of thiazole rings is 1. The Balaban J connectivity index is 1.92. The van der Waals surface area contributed by atoms with E-state index in [0.29, 0.717) is 17.3 Å². The third kappa shape index (κ3) is 2.52. The number of hydrogen-bond donors (Lipinski definition) is 1. The summed E-state index contributed by atoms with van der Waals surface area (Å²) in [5.74, 6) is 0.916. The minimum absolute atomic E-state index is 0.0693. The molecule has 0 aliphatic carbocycles. The number of fused-ring (bicyclic) bond motifs is 1. The third-order valence-electron chi connectivity index (χ3n) is 2.84. The molecule has 1 aromatic carbocycles. The lowest BCUT2D eigenvalue weighted by atomic mass is 10.3. The average molecular weight is 304 g/mol. The van der Waals surface area contributed by atoms with Gasteiger partial charge < -0.3 is 20.2 Å².